The molecule has 0 bridgehead atoms. The van der Waals surface area contributed by atoms with Gasteiger partial charge in [-0.15, -0.1) is 11.8 Å². The molecule has 2 rings (SSSR count). The van der Waals surface area contributed by atoms with Crippen LogP contribution in [0.15, 0.2) is 35.2 Å². The Morgan fingerprint density at radius 2 is 1.82 bits per heavy atom. The number of rotatable bonds is 7. The fourth-order valence-electron chi connectivity index (χ4n) is 2.88. The number of hydrogen-bond donors (Lipinski definition) is 1. The van der Waals surface area contributed by atoms with Crippen LogP contribution < -0.4 is 5.73 Å². The van der Waals surface area contributed by atoms with E-state index in [1.165, 1.54) is 6.42 Å². The van der Waals surface area contributed by atoms with Crippen LogP contribution in [0.1, 0.15) is 38.5 Å². The van der Waals surface area contributed by atoms with Crippen molar-refractivity contribution in [3.05, 3.63) is 30.3 Å². The summed E-state index contributed by atoms with van der Waals surface area (Å²) in [5.74, 6) is 0.186. The lowest BCUT2D eigenvalue weighted by atomic mass is 9.94. The minimum Gasteiger partial charge on any atom is -0.370 e. The first-order chi connectivity index (χ1) is 10.7. The Morgan fingerprint density at radius 3 is 2.45 bits per heavy atom. The van der Waals surface area contributed by atoms with Crippen molar-refractivity contribution in [3.8, 4) is 0 Å². The highest BCUT2D eigenvalue weighted by molar-refractivity contribution is 8.00. The first-order valence-corrected chi connectivity index (χ1v) is 8.91. The second-order valence-corrected chi connectivity index (χ2v) is 6.75. The topological polar surface area (TPSA) is 63.4 Å². The molecule has 4 nitrogen and oxygen atoms in total. The standard InChI is InChI=1S/C17H24N2O2S/c18-16(20)11-12-19(14-7-3-1-4-8-14)17(21)13-22-15-9-5-2-6-10-15/h2,5-6,9-10,14H,1,3-4,7-8,11-13H2,(H2,18,20). The molecule has 0 spiro atoms. The van der Waals surface area contributed by atoms with E-state index in [0.29, 0.717) is 12.3 Å². The average molecular weight is 320 g/mol. The number of benzene rings is 1. The van der Waals surface area contributed by atoms with Gasteiger partial charge >= 0.3 is 0 Å². The van der Waals surface area contributed by atoms with Crippen molar-refractivity contribution in [3.63, 3.8) is 0 Å². The number of thioether (sulfide) groups is 1. The zero-order valence-electron chi connectivity index (χ0n) is 12.9. The summed E-state index contributed by atoms with van der Waals surface area (Å²) in [4.78, 5) is 26.6. The highest BCUT2D eigenvalue weighted by Gasteiger charge is 2.25. The van der Waals surface area contributed by atoms with E-state index < -0.39 is 0 Å². The minimum atomic E-state index is -0.343. The summed E-state index contributed by atoms with van der Waals surface area (Å²) in [5, 5.41) is 0. The van der Waals surface area contributed by atoms with Gasteiger partial charge in [-0.1, -0.05) is 37.5 Å². The summed E-state index contributed by atoms with van der Waals surface area (Å²) in [6.45, 7) is 0.453. The number of carbonyl (C=O) groups excluding carboxylic acids is 2. The average Bonchev–Trinajstić information content (AvgIpc) is 2.55. The maximum Gasteiger partial charge on any atom is 0.233 e. The van der Waals surface area contributed by atoms with Gasteiger partial charge in [0.25, 0.3) is 0 Å². The van der Waals surface area contributed by atoms with Gasteiger partial charge in [0, 0.05) is 23.9 Å². The second-order valence-electron chi connectivity index (χ2n) is 5.70. The van der Waals surface area contributed by atoms with Gasteiger partial charge in [-0.05, 0) is 25.0 Å². The molecule has 0 unspecified atom stereocenters. The molecule has 0 radical (unpaired) electrons. The molecule has 0 aromatic heterocycles. The van der Waals surface area contributed by atoms with E-state index in [1.54, 1.807) is 11.8 Å². The van der Waals surface area contributed by atoms with E-state index in [9.17, 15) is 9.59 Å². The highest BCUT2D eigenvalue weighted by atomic mass is 32.2. The molecule has 0 heterocycles. The van der Waals surface area contributed by atoms with Crippen molar-refractivity contribution in [2.24, 2.45) is 5.73 Å². The smallest absolute Gasteiger partial charge is 0.233 e. The maximum atomic E-state index is 12.6. The normalized spacial score (nSPS) is 15.5. The first-order valence-electron chi connectivity index (χ1n) is 7.92. The Labute approximate surface area is 136 Å². The van der Waals surface area contributed by atoms with Gasteiger partial charge in [-0.3, -0.25) is 9.59 Å². The monoisotopic (exact) mass is 320 g/mol. The van der Waals surface area contributed by atoms with Crippen LogP contribution in [-0.2, 0) is 9.59 Å². The fraction of sp³-hybridized carbons (Fsp3) is 0.529. The largest absolute Gasteiger partial charge is 0.370 e. The number of amides is 2. The number of primary amides is 1. The predicted molar refractivity (Wildman–Crippen MR) is 89.6 cm³/mol. The molecule has 5 heteroatoms. The predicted octanol–water partition coefficient (Wildman–Crippen LogP) is 2.82. The number of hydrogen-bond acceptors (Lipinski definition) is 3. The lowest BCUT2D eigenvalue weighted by Crippen LogP contribution is -2.44. The van der Waals surface area contributed by atoms with E-state index in [2.05, 4.69) is 0 Å². The van der Waals surface area contributed by atoms with Crippen molar-refractivity contribution in [1.82, 2.24) is 4.90 Å². The van der Waals surface area contributed by atoms with Crippen LogP contribution in [-0.4, -0.2) is 35.1 Å². The molecule has 0 aliphatic heterocycles. The molecule has 2 N–H and O–H groups in total. The zero-order valence-corrected chi connectivity index (χ0v) is 13.7. The fourth-order valence-corrected chi connectivity index (χ4v) is 3.68. The zero-order chi connectivity index (χ0) is 15.8. The van der Waals surface area contributed by atoms with Crippen LogP contribution in [0.5, 0.6) is 0 Å². The number of nitrogens with two attached hydrogens (primary N) is 1. The lowest BCUT2D eigenvalue weighted by molar-refractivity contribution is -0.131. The van der Waals surface area contributed by atoms with Crippen LogP contribution in [0, 0.1) is 0 Å². The van der Waals surface area contributed by atoms with Crippen molar-refractivity contribution < 1.29 is 9.59 Å². The van der Waals surface area contributed by atoms with Gasteiger partial charge in [0.05, 0.1) is 5.75 Å². The Hall–Kier alpha value is -1.49. The van der Waals surface area contributed by atoms with E-state index >= 15 is 0 Å². The maximum absolute atomic E-state index is 12.6. The van der Waals surface area contributed by atoms with Crippen LogP contribution in [0.25, 0.3) is 0 Å². The first kappa shape index (κ1) is 16.9. The van der Waals surface area contributed by atoms with E-state index in [0.717, 1.165) is 30.6 Å². The molecular weight excluding hydrogens is 296 g/mol. The molecule has 1 aromatic carbocycles. The van der Waals surface area contributed by atoms with Gasteiger partial charge in [0.2, 0.25) is 11.8 Å². The molecule has 1 aromatic rings. The molecule has 0 atom stereocenters. The third-order valence-corrected chi connectivity index (χ3v) is 5.04. The summed E-state index contributed by atoms with van der Waals surface area (Å²) < 4.78 is 0. The van der Waals surface area contributed by atoms with Crippen LogP contribution in [0.4, 0.5) is 0 Å². The summed E-state index contributed by atoms with van der Waals surface area (Å²) in [6, 6.07) is 10.2. The Bertz CT molecular complexity index is 487. The van der Waals surface area contributed by atoms with Gasteiger partial charge in [-0.25, -0.2) is 0 Å². The summed E-state index contributed by atoms with van der Waals surface area (Å²) in [7, 11) is 0. The highest BCUT2D eigenvalue weighted by Crippen LogP contribution is 2.24. The van der Waals surface area contributed by atoms with Gasteiger partial charge in [0.1, 0.15) is 0 Å². The van der Waals surface area contributed by atoms with E-state index in [1.807, 2.05) is 35.2 Å². The number of carbonyl (C=O) groups is 2. The molecule has 1 aliphatic rings. The third-order valence-electron chi connectivity index (χ3n) is 4.04. The lowest BCUT2D eigenvalue weighted by Gasteiger charge is -2.34. The van der Waals surface area contributed by atoms with Gasteiger partial charge in [0.15, 0.2) is 0 Å². The summed E-state index contributed by atoms with van der Waals surface area (Å²) in [5.41, 5.74) is 5.25. The van der Waals surface area contributed by atoms with Crippen molar-refractivity contribution in [1.29, 1.82) is 0 Å². The van der Waals surface area contributed by atoms with Crippen molar-refractivity contribution >= 4 is 23.6 Å². The van der Waals surface area contributed by atoms with Crippen LogP contribution in [0.3, 0.4) is 0 Å². The summed E-state index contributed by atoms with van der Waals surface area (Å²) >= 11 is 1.55. The molecule has 0 saturated heterocycles. The minimum absolute atomic E-state index is 0.113. The SMILES string of the molecule is NC(=O)CCN(C(=O)CSc1ccccc1)C1CCCCC1. The Balaban J connectivity index is 1.93. The third kappa shape index (κ3) is 5.37. The molecular formula is C17H24N2O2S. The molecule has 120 valence electrons. The Morgan fingerprint density at radius 1 is 1.14 bits per heavy atom. The second kappa shape index (κ2) is 8.83. The van der Waals surface area contributed by atoms with Crippen LogP contribution >= 0.6 is 11.8 Å². The van der Waals surface area contributed by atoms with Crippen molar-refractivity contribution in [2.75, 3.05) is 12.3 Å². The van der Waals surface area contributed by atoms with E-state index in [-0.39, 0.29) is 24.3 Å². The molecule has 1 saturated carbocycles. The molecule has 1 aliphatic carbocycles. The number of nitrogens with zero attached hydrogens (tertiary/aromatic N) is 1. The summed E-state index contributed by atoms with van der Waals surface area (Å²) in [6.07, 6.45) is 5.90. The Kier molecular flexibility index (Phi) is 6.77. The molecule has 1 fully saturated rings. The van der Waals surface area contributed by atoms with Gasteiger partial charge < -0.3 is 10.6 Å². The van der Waals surface area contributed by atoms with Gasteiger partial charge in [-0.2, -0.15) is 0 Å². The molecule has 2 amide bonds. The van der Waals surface area contributed by atoms with Crippen LogP contribution in [0.2, 0.25) is 0 Å². The van der Waals surface area contributed by atoms with E-state index in [4.69, 9.17) is 5.73 Å². The molecule has 22 heavy (non-hydrogen) atoms. The van der Waals surface area contributed by atoms with Crippen molar-refractivity contribution in [2.45, 2.75) is 49.5 Å². The quantitative estimate of drug-likeness (QED) is 0.786.